The molecular weight excluding hydrogens is 475 g/mol. The van der Waals surface area contributed by atoms with E-state index >= 15 is 0 Å². The van der Waals surface area contributed by atoms with E-state index in [0.29, 0.717) is 11.3 Å². The number of carbonyl (C=O) groups excluding carboxylic acids is 1. The largest absolute Gasteiger partial charge is 0.481 e. The summed E-state index contributed by atoms with van der Waals surface area (Å²) in [5, 5.41) is -0.149. The zero-order valence-electron chi connectivity index (χ0n) is 18.6. The molecule has 0 N–H and O–H groups in total. The van der Waals surface area contributed by atoms with Gasteiger partial charge in [-0.15, -0.1) is 0 Å². The molecule has 2 aromatic carbocycles. The van der Waals surface area contributed by atoms with Gasteiger partial charge in [-0.05, 0) is 36.2 Å². The molecule has 0 bridgehead atoms. The Morgan fingerprint density at radius 1 is 1.12 bits per heavy atom. The van der Waals surface area contributed by atoms with Crippen molar-refractivity contribution in [1.29, 1.82) is 0 Å². The molecule has 0 fully saturated rings. The van der Waals surface area contributed by atoms with E-state index in [2.05, 4.69) is 9.72 Å². The van der Waals surface area contributed by atoms with Gasteiger partial charge in [0.05, 0.1) is 17.4 Å². The second kappa shape index (κ2) is 10.3. The predicted octanol–water partition coefficient (Wildman–Crippen LogP) is 4.08. The molecule has 1 aromatic heterocycles. The molecule has 0 amide bonds. The Bertz CT molecular complexity index is 1310. The number of hydrogen-bond acceptors (Lipinski definition) is 7. The summed E-state index contributed by atoms with van der Waals surface area (Å²) in [5.74, 6) is -1.92. The van der Waals surface area contributed by atoms with Crippen molar-refractivity contribution < 1.29 is 40.6 Å². The Balaban J connectivity index is 2.21. The van der Waals surface area contributed by atoms with Crippen molar-refractivity contribution in [2.75, 3.05) is 20.0 Å². The molecule has 0 unspecified atom stereocenters. The normalized spacial score (nSPS) is 11.6. The van der Waals surface area contributed by atoms with Crippen LogP contribution in [0.5, 0.6) is 11.5 Å². The number of rotatable bonds is 9. The van der Waals surface area contributed by atoms with Crippen LogP contribution >= 0.6 is 0 Å². The van der Waals surface area contributed by atoms with Gasteiger partial charge < -0.3 is 14.2 Å². The van der Waals surface area contributed by atoms with Crippen LogP contribution in [0.15, 0.2) is 41.3 Å². The van der Waals surface area contributed by atoms with Crippen LogP contribution in [0, 0.1) is 5.82 Å². The van der Waals surface area contributed by atoms with E-state index < -0.39 is 34.8 Å². The first kappa shape index (κ1) is 25.3. The van der Waals surface area contributed by atoms with Crippen LogP contribution in [0.25, 0.3) is 10.9 Å². The number of methoxy groups -OCH3 is 1. The smallest absolute Gasteiger partial charge is 0.387 e. The monoisotopic (exact) mass is 497 g/mol. The van der Waals surface area contributed by atoms with E-state index in [4.69, 9.17) is 9.47 Å². The van der Waals surface area contributed by atoms with Crippen molar-refractivity contribution in [3.63, 3.8) is 0 Å². The molecule has 0 aliphatic rings. The molecule has 0 aliphatic heterocycles. The molecule has 11 heteroatoms. The van der Waals surface area contributed by atoms with Crippen molar-refractivity contribution in [3.8, 4) is 11.5 Å². The summed E-state index contributed by atoms with van der Waals surface area (Å²) in [6, 6.07) is 8.15. The summed E-state index contributed by atoms with van der Waals surface area (Å²) in [6.07, 6.45) is 1.40. The lowest BCUT2D eigenvalue weighted by molar-refractivity contribution is -0.142. The summed E-state index contributed by atoms with van der Waals surface area (Å²) >= 11 is 0. The van der Waals surface area contributed by atoms with Crippen LogP contribution in [0.2, 0.25) is 0 Å². The quantitative estimate of drug-likeness (QED) is 0.412. The maximum Gasteiger partial charge on any atom is 0.387 e. The first-order valence-electron chi connectivity index (χ1n) is 10.1. The molecule has 0 spiro atoms. The van der Waals surface area contributed by atoms with Gasteiger partial charge in [0.25, 0.3) is 0 Å². The highest BCUT2D eigenvalue weighted by Gasteiger charge is 2.24. The number of alkyl halides is 2. The fraction of sp³-hybridized carbons (Fsp3) is 0.304. The highest BCUT2D eigenvalue weighted by Crippen LogP contribution is 2.40. The molecule has 0 aliphatic carbocycles. The van der Waals surface area contributed by atoms with Crippen molar-refractivity contribution in [1.82, 2.24) is 4.98 Å². The van der Waals surface area contributed by atoms with Crippen molar-refractivity contribution in [2.24, 2.45) is 0 Å². The Kier molecular flexibility index (Phi) is 7.65. The number of aromatic nitrogens is 1. The summed E-state index contributed by atoms with van der Waals surface area (Å²) in [5.41, 5.74) is 0.928. The molecule has 0 radical (unpaired) electrons. The number of halogens is 3. The summed E-state index contributed by atoms with van der Waals surface area (Å²) < 4.78 is 79.9. The highest BCUT2D eigenvalue weighted by atomic mass is 32.2. The minimum atomic E-state index is -3.42. The number of pyridine rings is 1. The predicted molar refractivity (Wildman–Crippen MR) is 118 cm³/mol. The minimum absolute atomic E-state index is 0.0468. The van der Waals surface area contributed by atoms with Crippen molar-refractivity contribution >= 4 is 26.7 Å². The van der Waals surface area contributed by atoms with Gasteiger partial charge in [-0.25, -0.2) is 22.6 Å². The number of sulfone groups is 1. The molecular formula is C23H22F3NO6S. The van der Waals surface area contributed by atoms with Gasteiger partial charge in [0.2, 0.25) is 0 Å². The van der Waals surface area contributed by atoms with Gasteiger partial charge in [-0.3, -0.25) is 0 Å². The molecule has 0 saturated carbocycles. The van der Waals surface area contributed by atoms with Crippen molar-refractivity contribution in [3.05, 3.63) is 59.0 Å². The van der Waals surface area contributed by atoms with E-state index in [1.807, 2.05) is 0 Å². The molecule has 3 aromatic rings. The lowest BCUT2D eigenvalue weighted by Crippen LogP contribution is -2.14. The van der Waals surface area contributed by atoms with Crippen LogP contribution < -0.4 is 9.47 Å². The first-order chi connectivity index (χ1) is 16.0. The Morgan fingerprint density at radius 3 is 2.35 bits per heavy atom. The molecule has 0 saturated heterocycles. The van der Waals surface area contributed by atoms with Gasteiger partial charge in [0, 0.05) is 23.9 Å². The average Bonchev–Trinajstić information content (AvgIpc) is 2.79. The number of esters is 1. The third-order valence-electron chi connectivity index (χ3n) is 5.03. The third-order valence-corrected chi connectivity index (χ3v) is 6.16. The van der Waals surface area contributed by atoms with Crippen LogP contribution in [-0.2, 0) is 32.2 Å². The molecule has 34 heavy (non-hydrogen) atoms. The Morgan fingerprint density at radius 2 is 1.79 bits per heavy atom. The highest BCUT2D eigenvalue weighted by molar-refractivity contribution is 7.90. The standard InChI is InChI=1S/C23H22F3NO6S/c1-4-17-15(11-13-5-7-14(8-6-13)34(3,29)30)22(33-23(25)26)20-18(32-12-19(28)31-2)10-9-16(24)21(20)27-17/h5-10,23H,4,11-12H2,1-3H3. The second-order valence-corrected chi connectivity index (χ2v) is 9.34. The Hall–Kier alpha value is -3.34. The molecule has 7 nitrogen and oxygen atoms in total. The molecule has 3 rings (SSSR count). The summed E-state index contributed by atoms with van der Waals surface area (Å²) in [6.45, 7) is -2.05. The lowest BCUT2D eigenvalue weighted by atomic mass is 9.98. The summed E-state index contributed by atoms with van der Waals surface area (Å²) in [7, 11) is -2.26. The number of fused-ring (bicyclic) bond motifs is 1. The van der Waals surface area contributed by atoms with E-state index in [9.17, 15) is 26.4 Å². The molecule has 1 heterocycles. The zero-order valence-corrected chi connectivity index (χ0v) is 19.4. The maximum atomic E-state index is 14.7. The number of nitrogens with zero attached hydrogens (tertiary/aromatic N) is 1. The van der Waals surface area contributed by atoms with Crippen LogP contribution in [0.1, 0.15) is 23.7 Å². The molecule has 182 valence electrons. The van der Waals surface area contributed by atoms with E-state index in [1.165, 1.54) is 18.2 Å². The number of ether oxygens (including phenoxy) is 3. The van der Waals surface area contributed by atoms with Crippen LogP contribution in [-0.4, -0.2) is 46.0 Å². The fourth-order valence-corrected chi connectivity index (χ4v) is 4.06. The van der Waals surface area contributed by atoms with Gasteiger partial charge in [0.15, 0.2) is 16.4 Å². The van der Waals surface area contributed by atoms with Gasteiger partial charge in [-0.2, -0.15) is 8.78 Å². The van der Waals surface area contributed by atoms with E-state index in [-0.39, 0.29) is 45.7 Å². The third kappa shape index (κ3) is 5.58. The zero-order chi connectivity index (χ0) is 25.0. The van der Waals surface area contributed by atoms with Gasteiger partial charge in [-0.1, -0.05) is 19.1 Å². The van der Waals surface area contributed by atoms with Gasteiger partial charge >= 0.3 is 12.6 Å². The van der Waals surface area contributed by atoms with E-state index in [1.54, 1.807) is 19.1 Å². The Labute approximate surface area is 194 Å². The van der Waals surface area contributed by atoms with E-state index in [0.717, 1.165) is 19.4 Å². The number of benzene rings is 2. The first-order valence-corrected chi connectivity index (χ1v) is 12.0. The lowest BCUT2D eigenvalue weighted by Gasteiger charge is -2.19. The maximum absolute atomic E-state index is 14.7. The van der Waals surface area contributed by atoms with Crippen LogP contribution in [0.3, 0.4) is 0 Å². The topological polar surface area (TPSA) is 91.8 Å². The fourth-order valence-electron chi connectivity index (χ4n) is 3.43. The number of carbonyl (C=O) groups is 1. The average molecular weight is 497 g/mol. The van der Waals surface area contributed by atoms with Crippen LogP contribution in [0.4, 0.5) is 13.2 Å². The number of aryl methyl sites for hydroxylation is 1. The summed E-state index contributed by atoms with van der Waals surface area (Å²) in [4.78, 5) is 16.0. The number of hydrogen-bond donors (Lipinski definition) is 0. The molecule has 0 atom stereocenters. The van der Waals surface area contributed by atoms with Gasteiger partial charge in [0.1, 0.15) is 22.8 Å². The SMILES string of the molecule is CCc1nc2c(F)ccc(OCC(=O)OC)c2c(OC(F)F)c1Cc1ccc(S(C)(=O)=O)cc1. The second-order valence-electron chi connectivity index (χ2n) is 7.33. The van der Waals surface area contributed by atoms with Crippen molar-refractivity contribution in [2.45, 2.75) is 31.3 Å². The minimum Gasteiger partial charge on any atom is -0.481 e.